The fourth-order valence-corrected chi connectivity index (χ4v) is 4.00. The first-order valence-corrected chi connectivity index (χ1v) is 8.30. The van der Waals surface area contributed by atoms with Crippen molar-refractivity contribution in [3.63, 3.8) is 0 Å². The zero-order chi connectivity index (χ0) is 15.0. The minimum atomic E-state index is 0.395. The van der Waals surface area contributed by atoms with Gasteiger partial charge in [-0.3, -0.25) is 0 Å². The zero-order valence-corrected chi connectivity index (χ0v) is 13.7. The lowest BCUT2D eigenvalue weighted by atomic mass is 9.90. The molecule has 1 aromatic rings. The van der Waals surface area contributed by atoms with Gasteiger partial charge in [0, 0.05) is 30.5 Å². The predicted molar refractivity (Wildman–Crippen MR) is 82.2 cm³/mol. The Morgan fingerprint density at radius 3 is 2.52 bits per heavy atom. The number of piperidine rings is 1. The first-order chi connectivity index (χ1) is 10.1. The number of hydrogen-bond donors (Lipinski definition) is 1. The highest BCUT2D eigenvalue weighted by molar-refractivity contribution is 5.05. The lowest BCUT2D eigenvalue weighted by molar-refractivity contribution is 0.157. The molecule has 5 heteroatoms. The molecule has 0 aliphatic carbocycles. The van der Waals surface area contributed by atoms with E-state index < -0.39 is 0 Å². The molecule has 0 aromatic carbocycles. The Morgan fingerprint density at radius 2 is 1.95 bits per heavy atom. The van der Waals surface area contributed by atoms with Crippen molar-refractivity contribution in [2.75, 3.05) is 14.1 Å². The van der Waals surface area contributed by atoms with E-state index in [1.165, 1.54) is 25.7 Å². The van der Waals surface area contributed by atoms with Crippen LogP contribution in [0.4, 0.5) is 0 Å². The van der Waals surface area contributed by atoms with E-state index >= 15 is 0 Å². The van der Waals surface area contributed by atoms with Crippen LogP contribution in [-0.4, -0.2) is 47.3 Å². The van der Waals surface area contributed by atoms with Crippen LogP contribution >= 0.6 is 0 Å². The van der Waals surface area contributed by atoms with Gasteiger partial charge in [-0.15, -0.1) is 0 Å². The van der Waals surface area contributed by atoms with Gasteiger partial charge in [-0.2, -0.15) is 4.98 Å². The van der Waals surface area contributed by atoms with Crippen molar-refractivity contribution in [3.05, 3.63) is 11.7 Å². The van der Waals surface area contributed by atoms with Crippen LogP contribution in [0.5, 0.6) is 0 Å². The van der Waals surface area contributed by atoms with E-state index in [9.17, 15) is 0 Å². The molecule has 5 nitrogen and oxygen atoms in total. The number of fused-ring (bicyclic) bond motifs is 2. The minimum absolute atomic E-state index is 0.395. The van der Waals surface area contributed by atoms with Gasteiger partial charge in [-0.25, -0.2) is 0 Å². The van der Waals surface area contributed by atoms with Gasteiger partial charge in [-0.05, 0) is 45.7 Å². The molecule has 1 aromatic heterocycles. The second-order valence-corrected chi connectivity index (χ2v) is 7.11. The quantitative estimate of drug-likeness (QED) is 0.901. The number of nitrogens with zero attached hydrogens (tertiary/aromatic N) is 3. The standard InChI is InChI=1S/C16H28N4O/c1-10(2)14(17-3)9-15-18-16(19-21-15)11-7-12-5-6-13(8-11)20(12)4/h10-14,17H,5-9H2,1-4H3. The summed E-state index contributed by atoms with van der Waals surface area (Å²) in [4.78, 5) is 7.24. The second kappa shape index (κ2) is 6.05. The second-order valence-electron chi connectivity index (χ2n) is 7.11. The summed E-state index contributed by atoms with van der Waals surface area (Å²) in [5, 5.41) is 7.61. The molecule has 2 bridgehead atoms. The van der Waals surface area contributed by atoms with E-state index in [2.05, 4.69) is 41.3 Å². The summed E-state index contributed by atoms with van der Waals surface area (Å²) in [6.07, 6.45) is 5.85. The summed E-state index contributed by atoms with van der Waals surface area (Å²) < 4.78 is 5.50. The number of hydrogen-bond acceptors (Lipinski definition) is 5. The molecular formula is C16H28N4O. The maximum absolute atomic E-state index is 5.50. The summed E-state index contributed by atoms with van der Waals surface area (Å²) in [6, 6.07) is 1.83. The lowest BCUT2D eigenvalue weighted by Gasteiger charge is -2.34. The largest absolute Gasteiger partial charge is 0.339 e. The smallest absolute Gasteiger partial charge is 0.228 e. The average Bonchev–Trinajstić information content (AvgIpc) is 2.97. The van der Waals surface area contributed by atoms with Gasteiger partial charge >= 0.3 is 0 Å². The number of likely N-dealkylation sites (N-methyl/N-ethyl adjacent to an activating group) is 1. The molecule has 2 fully saturated rings. The Morgan fingerprint density at radius 1 is 1.29 bits per heavy atom. The molecule has 21 heavy (non-hydrogen) atoms. The molecule has 0 radical (unpaired) electrons. The van der Waals surface area contributed by atoms with Crippen LogP contribution < -0.4 is 5.32 Å². The molecule has 2 aliphatic heterocycles. The molecule has 0 amide bonds. The molecule has 0 saturated carbocycles. The van der Waals surface area contributed by atoms with Crippen LogP contribution in [0.1, 0.15) is 57.2 Å². The first-order valence-electron chi connectivity index (χ1n) is 8.30. The fourth-order valence-electron chi connectivity index (χ4n) is 4.00. The van der Waals surface area contributed by atoms with Crippen molar-refractivity contribution in [2.45, 2.75) is 70.0 Å². The Labute approximate surface area is 127 Å². The van der Waals surface area contributed by atoms with Gasteiger partial charge in [0.15, 0.2) is 5.82 Å². The third kappa shape index (κ3) is 2.99. The topological polar surface area (TPSA) is 54.2 Å². The van der Waals surface area contributed by atoms with Crippen LogP contribution in [0.3, 0.4) is 0 Å². The van der Waals surface area contributed by atoms with Crippen LogP contribution in [0.2, 0.25) is 0 Å². The van der Waals surface area contributed by atoms with Crippen molar-refractivity contribution in [1.29, 1.82) is 0 Å². The van der Waals surface area contributed by atoms with Gasteiger partial charge in [0.2, 0.25) is 5.89 Å². The molecule has 3 atom stereocenters. The van der Waals surface area contributed by atoms with Crippen LogP contribution in [-0.2, 0) is 6.42 Å². The Hall–Kier alpha value is -0.940. The number of nitrogens with one attached hydrogen (secondary N) is 1. The van der Waals surface area contributed by atoms with Crippen molar-refractivity contribution >= 4 is 0 Å². The maximum atomic E-state index is 5.50. The van der Waals surface area contributed by atoms with E-state index in [0.29, 0.717) is 17.9 Å². The van der Waals surface area contributed by atoms with E-state index in [-0.39, 0.29) is 0 Å². The van der Waals surface area contributed by atoms with Crippen LogP contribution in [0.15, 0.2) is 4.52 Å². The minimum Gasteiger partial charge on any atom is -0.339 e. The van der Waals surface area contributed by atoms with Gasteiger partial charge in [0.25, 0.3) is 0 Å². The van der Waals surface area contributed by atoms with Gasteiger partial charge in [-0.1, -0.05) is 19.0 Å². The van der Waals surface area contributed by atoms with E-state index in [1.54, 1.807) is 0 Å². The number of aromatic nitrogens is 2. The highest BCUT2D eigenvalue weighted by Gasteiger charge is 2.40. The highest BCUT2D eigenvalue weighted by Crippen LogP contribution is 2.41. The molecule has 0 spiro atoms. The Balaban J connectivity index is 1.65. The summed E-state index contributed by atoms with van der Waals surface area (Å²) in [5.74, 6) is 2.77. The van der Waals surface area contributed by atoms with Crippen molar-refractivity contribution in [2.24, 2.45) is 5.92 Å². The van der Waals surface area contributed by atoms with Gasteiger partial charge < -0.3 is 14.7 Å². The van der Waals surface area contributed by atoms with E-state index in [1.807, 2.05) is 7.05 Å². The Bertz CT molecular complexity index is 459. The maximum Gasteiger partial charge on any atom is 0.228 e. The van der Waals surface area contributed by atoms with Crippen molar-refractivity contribution in [3.8, 4) is 0 Å². The number of rotatable bonds is 5. The Kier molecular flexibility index (Phi) is 4.31. The fraction of sp³-hybridized carbons (Fsp3) is 0.875. The first kappa shape index (κ1) is 15.0. The third-order valence-electron chi connectivity index (χ3n) is 5.52. The predicted octanol–water partition coefficient (Wildman–Crippen LogP) is 2.20. The van der Waals surface area contributed by atoms with Crippen LogP contribution in [0, 0.1) is 5.92 Å². The van der Waals surface area contributed by atoms with Crippen molar-refractivity contribution < 1.29 is 4.52 Å². The van der Waals surface area contributed by atoms with E-state index in [4.69, 9.17) is 4.52 Å². The van der Waals surface area contributed by atoms with Crippen molar-refractivity contribution in [1.82, 2.24) is 20.4 Å². The van der Waals surface area contributed by atoms with Gasteiger partial charge in [0.05, 0.1) is 0 Å². The molecule has 1 N–H and O–H groups in total. The van der Waals surface area contributed by atoms with E-state index in [0.717, 1.165) is 30.2 Å². The third-order valence-corrected chi connectivity index (χ3v) is 5.52. The SMILES string of the molecule is CNC(Cc1nc(C2CC3CCC(C2)N3C)no1)C(C)C. The lowest BCUT2D eigenvalue weighted by Crippen LogP contribution is -2.39. The molecular weight excluding hydrogens is 264 g/mol. The summed E-state index contributed by atoms with van der Waals surface area (Å²) >= 11 is 0. The zero-order valence-electron chi connectivity index (χ0n) is 13.7. The summed E-state index contributed by atoms with van der Waals surface area (Å²) in [6.45, 7) is 4.43. The summed E-state index contributed by atoms with van der Waals surface area (Å²) in [7, 11) is 4.26. The molecule has 2 saturated heterocycles. The van der Waals surface area contributed by atoms with Crippen LogP contribution in [0.25, 0.3) is 0 Å². The molecule has 118 valence electrons. The molecule has 3 rings (SSSR count). The molecule has 3 heterocycles. The molecule has 3 unspecified atom stereocenters. The summed E-state index contributed by atoms with van der Waals surface area (Å²) in [5.41, 5.74) is 0. The molecule has 2 aliphatic rings. The van der Waals surface area contributed by atoms with Gasteiger partial charge in [0.1, 0.15) is 0 Å². The highest BCUT2D eigenvalue weighted by atomic mass is 16.5. The normalized spacial score (nSPS) is 31.0. The monoisotopic (exact) mass is 292 g/mol. The average molecular weight is 292 g/mol.